The van der Waals surface area contributed by atoms with Crippen LogP contribution in [0.3, 0.4) is 0 Å². The molecular weight excluding hydrogens is 384 g/mol. The molecule has 0 bridgehead atoms. The van der Waals surface area contributed by atoms with Gasteiger partial charge in [0, 0.05) is 24.7 Å². The van der Waals surface area contributed by atoms with Crippen molar-refractivity contribution in [2.75, 3.05) is 18.1 Å². The lowest BCUT2D eigenvalue weighted by atomic mass is 10.2. The van der Waals surface area contributed by atoms with E-state index in [-0.39, 0.29) is 11.4 Å². The number of aliphatic imine (C=N–C) groups is 1. The molecule has 0 saturated carbocycles. The van der Waals surface area contributed by atoms with Crippen LogP contribution < -0.4 is 10.6 Å². The standard InChI is InChI=1S/C22H20N4O4/c27-20(16-9-3-1-4-10-16)23-18(21(28)25-13-7-8-14-25)15-19-22(29)30-24-26(19)17-11-5-2-6-12-17/h1-6,9-12,15,24H,7-8,13-14H2/b19-15+,23-18?. The van der Waals surface area contributed by atoms with E-state index < -0.39 is 17.8 Å². The van der Waals surface area contributed by atoms with Crippen LogP contribution in [-0.4, -0.2) is 41.5 Å². The monoisotopic (exact) mass is 404 g/mol. The van der Waals surface area contributed by atoms with Gasteiger partial charge in [-0.15, -0.1) is 0 Å². The van der Waals surface area contributed by atoms with Gasteiger partial charge in [-0.25, -0.2) is 14.8 Å². The zero-order valence-electron chi connectivity index (χ0n) is 16.2. The van der Waals surface area contributed by atoms with E-state index in [0.29, 0.717) is 24.3 Å². The first-order chi connectivity index (χ1) is 14.6. The van der Waals surface area contributed by atoms with Crippen molar-refractivity contribution in [3.05, 3.63) is 78.0 Å². The highest BCUT2D eigenvalue weighted by Gasteiger charge is 2.32. The van der Waals surface area contributed by atoms with Gasteiger partial charge >= 0.3 is 5.97 Å². The number of nitrogens with one attached hydrogen (secondary N) is 1. The largest absolute Gasteiger partial charge is 0.376 e. The van der Waals surface area contributed by atoms with Gasteiger partial charge in [0.15, 0.2) is 5.70 Å². The maximum absolute atomic E-state index is 13.1. The van der Waals surface area contributed by atoms with Gasteiger partial charge in [-0.3, -0.25) is 9.59 Å². The van der Waals surface area contributed by atoms with Gasteiger partial charge < -0.3 is 9.74 Å². The highest BCUT2D eigenvalue weighted by molar-refractivity contribution is 6.45. The second kappa shape index (κ2) is 8.71. The van der Waals surface area contributed by atoms with Crippen molar-refractivity contribution in [1.29, 1.82) is 0 Å². The zero-order valence-corrected chi connectivity index (χ0v) is 16.2. The molecule has 0 aliphatic carbocycles. The van der Waals surface area contributed by atoms with Crippen LogP contribution >= 0.6 is 0 Å². The van der Waals surface area contributed by atoms with Crippen molar-refractivity contribution in [3.8, 4) is 0 Å². The van der Waals surface area contributed by atoms with Crippen LogP contribution in [0.4, 0.5) is 5.69 Å². The lowest BCUT2D eigenvalue weighted by Gasteiger charge is -2.17. The van der Waals surface area contributed by atoms with E-state index in [1.165, 1.54) is 11.1 Å². The average molecular weight is 404 g/mol. The molecule has 2 aliphatic rings. The number of carbonyl (C=O) groups is 3. The minimum absolute atomic E-state index is 0.0633. The SMILES string of the molecule is O=C1ONN(c2ccccc2)/C1=C/C(=NC(=O)c1ccccc1)C(=O)N1CCCC1. The van der Waals surface area contributed by atoms with Gasteiger partial charge in [-0.2, -0.15) is 0 Å². The summed E-state index contributed by atoms with van der Waals surface area (Å²) in [6.07, 6.45) is 3.08. The molecule has 0 aromatic heterocycles. The third-order valence-corrected chi connectivity index (χ3v) is 4.82. The van der Waals surface area contributed by atoms with Crippen LogP contribution in [0.1, 0.15) is 23.2 Å². The van der Waals surface area contributed by atoms with Crippen LogP contribution in [0.15, 0.2) is 77.4 Å². The molecule has 2 aromatic carbocycles. The minimum Gasteiger partial charge on any atom is -0.345 e. The van der Waals surface area contributed by atoms with Gasteiger partial charge in [-0.05, 0) is 37.1 Å². The topological polar surface area (TPSA) is 91.3 Å². The number of para-hydroxylation sites is 1. The highest BCUT2D eigenvalue weighted by Crippen LogP contribution is 2.22. The van der Waals surface area contributed by atoms with E-state index in [0.717, 1.165) is 12.8 Å². The van der Waals surface area contributed by atoms with Crippen LogP contribution in [0.2, 0.25) is 0 Å². The van der Waals surface area contributed by atoms with Crippen molar-refractivity contribution in [3.63, 3.8) is 0 Å². The number of benzene rings is 2. The normalized spacial score (nSPS) is 18.1. The number of anilines is 1. The first-order valence-electron chi connectivity index (χ1n) is 9.64. The molecule has 152 valence electrons. The summed E-state index contributed by atoms with van der Waals surface area (Å²) in [6.45, 7) is 1.18. The molecule has 8 heteroatoms. The van der Waals surface area contributed by atoms with Crippen molar-refractivity contribution in [2.24, 2.45) is 4.99 Å². The second-order valence-corrected chi connectivity index (χ2v) is 6.85. The van der Waals surface area contributed by atoms with E-state index in [9.17, 15) is 14.4 Å². The molecule has 0 radical (unpaired) electrons. The van der Waals surface area contributed by atoms with E-state index in [4.69, 9.17) is 4.84 Å². The lowest BCUT2D eigenvalue weighted by molar-refractivity contribution is -0.140. The third-order valence-electron chi connectivity index (χ3n) is 4.82. The number of nitrogens with zero attached hydrogens (tertiary/aromatic N) is 3. The minimum atomic E-state index is -0.673. The molecule has 2 amide bonds. The van der Waals surface area contributed by atoms with Gasteiger partial charge in [-0.1, -0.05) is 42.0 Å². The maximum Gasteiger partial charge on any atom is 0.376 e. The lowest BCUT2D eigenvalue weighted by Crippen LogP contribution is -2.35. The molecule has 4 rings (SSSR count). The third kappa shape index (κ3) is 4.13. The van der Waals surface area contributed by atoms with Gasteiger partial charge in [0.1, 0.15) is 5.71 Å². The van der Waals surface area contributed by atoms with E-state index >= 15 is 0 Å². The molecule has 1 N–H and O–H groups in total. The average Bonchev–Trinajstić information content (AvgIpc) is 3.44. The molecular formula is C22H20N4O4. The molecule has 2 aromatic rings. The Bertz CT molecular complexity index is 1010. The van der Waals surface area contributed by atoms with E-state index in [1.54, 1.807) is 59.5 Å². The first kappa shape index (κ1) is 19.5. The Morgan fingerprint density at radius 3 is 2.27 bits per heavy atom. The summed E-state index contributed by atoms with van der Waals surface area (Å²) < 4.78 is 0. The van der Waals surface area contributed by atoms with Crippen LogP contribution in [0, 0.1) is 0 Å². The highest BCUT2D eigenvalue weighted by atomic mass is 16.7. The molecule has 0 atom stereocenters. The van der Waals surface area contributed by atoms with Crippen LogP contribution in [0.25, 0.3) is 0 Å². The summed E-state index contributed by atoms with van der Waals surface area (Å²) in [5, 5.41) is 1.40. The Kier molecular flexibility index (Phi) is 5.67. The summed E-state index contributed by atoms with van der Waals surface area (Å²) in [5.74, 6) is -1.62. The number of hydrazine groups is 1. The first-order valence-corrected chi connectivity index (χ1v) is 9.64. The van der Waals surface area contributed by atoms with Crippen molar-refractivity contribution < 1.29 is 19.2 Å². The number of likely N-dealkylation sites (tertiary alicyclic amines) is 1. The predicted octanol–water partition coefficient (Wildman–Crippen LogP) is 2.26. The van der Waals surface area contributed by atoms with E-state index in [1.807, 2.05) is 6.07 Å². The van der Waals surface area contributed by atoms with Gasteiger partial charge in [0.2, 0.25) is 0 Å². The van der Waals surface area contributed by atoms with Crippen molar-refractivity contribution in [1.82, 2.24) is 10.5 Å². The van der Waals surface area contributed by atoms with E-state index in [2.05, 4.69) is 10.6 Å². The summed E-state index contributed by atoms with van der Waals surface area (Å²) >= 11 is 0. The smallest absolute Gasteiger partial charge is 0.345 e. The van der Waals surface area contributed by atoms with Crippen molar-refractivity contribution >= 4 is 29.2 Å². The fraction of sp³-hybridized carbons (Fsp3) is 0.182. The van der Waals surface area contributed by atoms with Crippen LogP contribution in [-0.2, 0) is 14.4 Å². The molecule has 0 spiro atoms. The Hall–Kier alpha value is -3.78. The van der Waals surface area contributed by atoms with Gasteiger partial charge in [0.05, 0.1) is 5.69 Å². The summed E-state index contributed by atoms with van der Waals surface area (Å²) in [6, 6.07) is 17.5. The zero-order chi connectivity index (χ0) is 20.9. The Morgan fingerprint density at radius 1 is 0.967 bits per heavy atom. The second-order valence-electron chi connectivity index (χ2n) is 6.85. The van der Waals surface area contributed by atoms with Crippen molar-refractivity contribution in [2.45, 2.75) is 12.8 Å². The van der Waals surface area contributed by atoms with Crippen LogP contribution in [0.5, 0.6) is 0 Å². The number of hydrogen-bond donors (Lipinski definition) is 1. The number of hydrogen-bond acceptors (Lipinski definition) is 6. The number of rotatable bonds is 4. The Balaban J connectivity index is 1.73. The Labute approximate surface area is 173 Å². The molecule has 30 heavy (non-hydrogen) atoms. The maximum atomic E-state index is 13.1. The molecule has 2 fully saturated rings. The molecule has 2 heterocycles. The number of carbonyl (C=O) groups excluding carboxylic acids is 3. The quantitative estimate of drug-likeness (QED) is 0.621. The van der Waals surface area contributed by atoms with Gasteiger partial charge in [0.25, 0.3) is 11.8 Å². The molecule has 2 saturated heterocycles. The summed E-state index contributed by atoms with van der Waals surface area (Å²) in [7, 11) is 0. The summed E-state index contributed by atoms with van der Waals surface area (Å²) in [4.78, 5) is 48.7. The molecule has 2 aliphatic heterocycles. The fourth-order valence-electron chi connectivity index (χ4n) is 3.28. The molecule has 0 unspecified atom stereocenters. The predicted molar refractivity (Wildman–Crippen MR) is 110 cm³/mol. The Morgan fingerprint density at radius 2 is 1.60 bits per heavy atom. The number of amides is 2. The fourth-order valence-corrected chi connectivity index (χ4v) is 3.28. The summed E-state index contributed by atoms with van der Waals surface area (Å²) in [5.41, 5.74) is 3.47. The molecule has 8 nitrogen and oxygen atoms in total.